The van der Waals surface area contributed by atoms with E-state index < -0.39 is 5.97 Å². The third kappa shape index (κ3) is 3.55. The van der Waals surface area contributed by atoms with Gasteiger partial charge < -0.3 is 9.15 Å². The number of hydrogen-bond acceptors (Lipinski definition) is 5. The van der Waals surface area contributed by atoms with Crippen LogP contribution >= 0.6 is 11.6 Å². The number of hydrogen-bond donors (Lipinski definition) is 0. The molecule has 0 aliphatic rings. The first-order valence-corrected chi connectivity index (χ1v) is 8.74. The lowest BCUT2D eigenvalue weighted by molar-refractivity contribution is 0.0464. The topological polar surface area (TPSA) is 65.2 Å². The minimum Gasteiger partial charge on any atom is -0.456 e. The van der Waals surface area contributed by atoms with Gasteiger partial charge in [-0.1, -0.05) is 48.0 Å². The number of halogens is 1. The van der Waals surface area contributed by atoms with Gasteiger partial charge in [0.15, 0.2) is 5.69 Å². The number of benzene rings is 2. The number of esters is 1. The van der Waals surface area contributed by atoms with Crippen molar-refractivity contribution in [1.82, 2.24) is 9.97 Å². The fourth-order valence-electron chi connectivity index (χ4n) is 2.74. The van der Waals surface area contributed by atoms with E-state index in [1.165, 1.54) is 0 Å². The molecule has 0 radical (unpaired) electrons. The van der Waals surface area contributed by atoms with Crippen LogP contribution in [0.15, 0.2) is 65.1 Å². The Kier molecular flexibility index (Phi) is 4.60. The maximum absolute atomic E-state index is 12.5. The van der Waals surface area contributed by atoms with Gasteiger partial charge in [0.2, 0.25) is 5.89 Å². The molecule has 0 aliphatic heterocycles. The molecule has 27 heavy (non-hydrogen) atoms. The fraction of sp³-hybridized carbons (Fsp3) is 0.0952. The van der Waals surface area contributed by atoms with E-state index >= 15 is 0 Å². The SMILES string of the molecule is Cc1oc(-c2ccccc2)nc1C(=O)OCc1cc2ccccc2nc1Cl. The third-order valence-corrected chi connectivity index (χ3v) is 4.45. The lowest BCUT2D eigenvalue weighted by Gasteiger charge is -2.07. The smallest absolute Gasteiger partial charge is 0.360 e. The number of carbonyl (C=O) groups excluding carboxylic acids is 1. The Morgan fingerprint density at radius 3 is 2.63 bits per heavy atom. The van der Waals surface area contributed by atoms with Gasteiger partial charge in [0.25, 0.3) is 0 Å². The van der Waals surface area contributed by atoms with Crippen molar-refractivity contribution in [3.63, 3.8) is 0 Å². The van der Waals surface area contributed by atoms with Crippen LogP contribution in [0.2, 0.25) is 5.15 Å². The summed E-state index contributed by atoms with van der Waals surface area (Å²) in [5.41, 5.74) is 2.37. The highest BCUT2D eigenvalue weighted by atomic mass is 35.5. The van der Waals surface area contributed by atoms with Crippen LogP contribution < -0.4 is 0 Å². The number of pyridine rings is 1. The molecule has 134 valence electrons. The Hall–Kier alpha value is -3.18. The number of aryl methyl sites for hydroxylation is 1. The van der Waals surface area contributed by atoms with Crippen molar-refractivity contribution in [1.29, 1.82) is 0 Å². The van der Waals surface area contributed by atoms with Crippen LogP contribution in [-0.4, -0.2) is 15.9 Å². The summed E-state index contributed by atoms with van der Waals surface area (Å²) >= 11 is 6.21. The predicted molar refractivity (Wildman–Crippen MR) is 103 cm³/mol. The van der Waals surface area contributed by atoms with Crippen molar-refractivity contribution < 1.29 is 13.9 Å². The second-order valence-electron chi connectivity index (χ2n) is 6.00. The zero-order chi connectivity index (χ0) is 18.8. The molecule has 4 rings (SSSR count). The van der Waals surface area contributed by atoms with E-state index in [0.717, 1.165) is 16.5 Å². The monoisotopic (exact) mass is 378 g/mol. The van der Waals surface area contributed by atoms with Crippen molar-refractivity contribution in [2.75, 3.05) is 0 Å². The van der Waals surface area contributed by atoms with Gasteiger partial charge in [0.1, 0.15) is 17.5 Å². The van der Waals surface area contributed by atoms with Crippen molar-refractivity contribution in [3.8, 4) is 11.5 Å². The number of aromatic nitrogens is 2. The zero-order valence-electron chi connectivity index (χ0n) is 14.5. The highest BCUT2D eigenvalue weighted by Crippen LogP contribution is 2.24. The predicted octanol–water partition coefficient (Wildman–Crippen LogP) is 5.21. The van der Waals surface area contributed by atoms with E-state index in [9.17, 15) is 4.79 Å². The van der Waals surface area contributed by atoms with Gasteiger partial charge in [0, 0.05) is 16.5 Å². The quantitative estimate of drug-likeness (QED) is 0.360. The number of oxazole rings is 1. The van der Waals surface area contributed by atoms with Crippen molar-refractivity contribution in [2.45, 2.75) is 13.5 Å². The van der Waals surface area contributed by atoms with E-state index in [4.69, 9.17) is 20.8 Å². The molecule has 2 aromatic carbocycles. The summed E-state index contributed by atoms with van der Waals surface area (Å²) in [5.74, 6) is 0.217. The Morgan fingerprint density at radius 2 is 1.81 bits per heavy atom. The molecule has 5 nitrogen and oxygen atoms in total. The fourth-order valence-corrected chi connectivity index (χ4v) is 2.94. The molecule has 0 amide bonds. The summed E-state index contributed by atoms with van der Waals surface area (Å²) in [4.78, 5) is 21.1. The Morgan fingerprint density at radius 1 is 1.07 bits per heavy atom. The molecule has 0 fully saturated rings. The molecular formula is C21H15ClN2O3. The average Bonchev–Trinajstić information content (AvgIpc) is 3.08. The van der Waals surface area contributed by atoms with Gasteiger partial charge in [-0.25, -0.2) is 14.8 Å². The number of nitrogens with zero attached hydrogens (tertiary/aromatic N) is 2. The number of rotatable bonds is 4. The van der Waals surface area contributed by atoms with Crippen molar-refractivity contribution >= 4 is 28.5 Å². The number of carbonyl (C=O) groups is 1. The summed E-state index contributed by atoms with van der Waals surface area (Å²) in [6.45, 7) is 1.68. The van der Waals surface area contributed by atoms with Gasteiger partial charge in [-0.3, -0.25) is 0 Å². The maximum atomic E-state index is 12.5. The van der Waals surface area contributed by atoms with Crippen LogP contribution in [-0.2, 0) is 11.3 Å². The van der Waals surface area contributed by atoms with E-state index in [1.807, 2.05) is 60.7 Å². The first kappa shape index (κ1) is 17.2. The van der Waals surface area contributed by atoms with Crippen molar-refractivity contribution in [2.24, 2.45) is 0 Å². The van der Waals surface area contributed by atoms with Crippen LogP contribution in [0, 0.1) is 6.92 Å². The molecular weight excluding hydrogens is 364 g/mol. The zero-order valence-corrected chi connectivity index (χ0v) is 15.2. The molecule has 0 N–H and O–H groups in total. The first-order chi connectivity index (χ1) is 13.1. The third-order valence-electron chi connectivity index (χ3n) is 4.12. The molecule has 0 spiro atoms. The highest BCUT2D eigenvalue weighted by molar-refractivity contribution is 6.30. The van der Waals surface area contributed by atoms with Crippen LogP contribution in [0.5, 0.6) is 0 Å². The van der Waals surface area contributed by atoms with Gasteiger partial charge in [-0.2, -0.15) is 0 Å². The summed E-state index contributed by atoms with van der Waals surface area (Å²) in [5, 5.41) is 1.24. The van der Waals surface area contributed by atoms with E-state index in [0.29, 0.717) is 22.4 Å². The highest BCUT2D eigenvalue weighted by Gasteiger charge is 2.20. The molecule has 2 heterocycles. The van der Waals surface area contributed by atoms with Gasteiger partial charge in [-0.05, 0) is 31.2 Å². The molecule has 4 aromatic rings. The summed E-state index contributed by atoms with van der Waals surface area (Å²) < 4.78 is 11.0. The van der Waals surface area contributed by atoms with Crippen LogP contribution in [0.1, 0.15) is 21.8 Å². The molecule has 0 bridgehead atoms. The normalized spacial score (nSPS) is 10.9. The van der Waals surface area contributed by atoms with E-state index in [2.05, 4.69) is 9.97 Å². The minimum atomic E-state index is -0.567. The van der Waals surface area contributed by atoms with Gasteiger partial charge in [-0.15, -0.1) is 0 Å². The molecule has 0 saturated heterocycles. The summed E-state index contributed by atoms with van der Waals surface area (Å²) in [7, 11) is 0. The van der Waals surface area contributed by atoms with Crippen LogP contribution in [0.25, 0.3) is 22.4 Å². The first-order valence-electron chi connectivity index (χ1n) is 8.36. The lowest BCUT2D eigenvalue weighted by Crippen LogP contribution is -2.08. The van der Waals surface area contributed by atoms with Crippen LogP contribution in [0.4, 0.5) is 0 Å². The summed E-state index contributed by atoms with van der Waals surface area (Å²) in [6, 6.07) is 18.9. The molecule has 0 atom stereocenters. The molecule has 0 saturated carbocycles. The van der Waals surface area contributed by atoms with E-state index in [-0.39, 0.29) is 12.3 Å². The Bertz CT molecular complexity index is 1120. The Labute approximate surface area is 160 Å². The van der Waals surface area contributed by atoms with Gasteiger partial charge in [0.05, 0.1) is 5.52 Å². The molecule has 2 aromatic heterocycles. The minimum absolute atomic E-state index is 0.00245. The number of fused-ring (bicyclic) bond motifs is 1. The maximum Gasteiger partial charge on any atom is 0.360 e. The van der Waals surface area contributed by atoms with Crippen molar-refractivity contribution in [3.05, 3.63) is 82.8 Å². The largest absolute Gasteiger partial charge is 0.456 e. The Balaban J connectivity index is 1.53. The standard InChI is InChI=1S/C21H15ClN2O3/c1-13-18(24-20(27-13)14-7-3-2-4-8-14)21(25)26-12-16-11-15-9-5-6-10-17(15)23-19(16)22/h2-11H,12H2,1H3. The number of ether oxygens (including phenoxy) is 1. The molecule has 6 heteroatoms. The molecule has 0 unspecified atom stereocenters. The second-order valence-corrected chi connectivity index (χ2v) is 6.35. The number of para-hydroxylation sites is 1. The van der Waals surface area contributed by atoms with E-state index in [1.54, 1.807) is 6.92 Å². The molecule has 0 aliphatic carbocycles. The average molecular weight is 379 g/mol. The van der Waals surface area contributed by atoms with Crippen LogP contribution in [0.3, 0.4) is 0 Å². The summed E-state index contributed by atoms with van der Waals surface area (Å²) in [6.07, 6.45) is 0. The lowest BCUT2D eigenvalue weighted by atomic mass is 10.2. The second kappa shape index (κ2) is 7.21. The van der Waals surface area contributed by atoms with Gasteiger partial charge >= 0.3 is 5.97 Å².